The summed E-state index contributed by atoms with van der Waals surface area (Å²) in [5.41, 5.74) is 3.99. The van der Waals surface area contributed by atoms with Gasteiger partial charge in [-0.3, -0.25) is 4.79 Å². The third-order valence-corrected chi connectivity index (χ3v) is 7.19. The SMILES string of the molecule is Cc1nc(OCC(F)(F)F)cnc1C(=O)Nc1ccc(F)c([C@@]2(CF)N=C(N)S[C@@]3(CO)C[C@H]32)c1. The van der Waals surface area contributed by atoms with Crippen LogP contribution in [0.1, 0.15) is 28.2 Å². The molecule has 1 fully saturated rings. The highest BCUT2D eigenvalue weighted by molar-refractivity contribution is 8.15. The Balaban J connectivity index is 1.58. The summed E-state index contributed by atoms with van der Waals surface area (Å²) in [6, 6.07) is 3.54. The van der Waals surface area contributed by atoms with Gasteiger partial charge in [-0.05, 0) is 31.5 Å². The molecule has 1 aliphatic carbocycles. The van der Waals surface area contributed by atoms with E-state index < -0.39 is 53.3 Å². The van der Waals surface area contributed by atoms with E-state index in [4.69, 9.17) is 5.73 Å². The number of hydrogen-bond donors (Lipinski definition) is 3. The quantitative estimate of drug-likeness (QED) is 0.483. The molecule has 2 aliphatic rings. The number of hydrogen-bond acceptors (Lipinski definition) is 8. The summed E-state index contributed by atoms with van der Waals surface area (Å²) in [5.74, 6) is -2.44. The van der Waals surface area contributed by atoms with Crippen molar-refractivity contribution < 1.29 is 36.6 Å². The molecule has 188 valence electrons. The normalized spacial score (nSPS) is 25.5. The number of thioether (sulfide) groups is 1. The Labute approximate surface area is 200 Å². The highest BCUT2D eigenvalue weighted by atomic mass is 32.2. The predicted molar refractivity (Wildman–Crippen MR) is 117 cm³/mol. The second kappa shape index (κ2) is 8.90. The van der Waals surface area contributed by atoms with E-state index in [0.717, 1.165) is 24.0 Å². The molecule has 1 aromatic carbocycles. The van der Waals surface area contributed by atoms with Crippen LogP contribution >= 0.6 is 11.8 Å². The van der Waals surface area contributed by atoms with Crippen molar-refractivity contribution in [1.82, 2.24) is 9.97 Å². The number of nitrogens with zero attached hydrogens (tertiary/aromatic N) is 3. The lowest BCUT2D eigenvalue weighted by Crippen LogP contribution is -2.41. The smallest absolute Gasteiger partial charge is 0.422 e. The molecule has 0 saturated heterocycles. The van der Waals surface area contributed by atoms with Crippen LogP contribution in [0.2, 0.25) is 0 Å². The molecule has 2 aromatic rings. The minimum absolute atomic E-state index is 0.00266. The van der Waals surface area contributed by atoms with Crippen LogP contribution in [0.15, 0.2) is 29.4 Å². The molecule has 0 spiro atoms. The lowest BCUT2D eigenvalue weighted by Gasteiger charge is -2.34. The van der Waals surface area contributed by atoms with E-state index in [1.54, 1.807) is 0 Å². The van der Waals surface area contributed by atoms with Gasteiger partial charge in [0, 0.05) is 17.2 Å². The molecule has 3 atom stereocenters. The van der Waals surface area contributed by atoms with Gasteiger partial charge in [0.25, 0.3) is 5.91 Å². The first-order valence-electron chi connectivity index (χ1n) is 10.3. The number of aliphatic hydroxyl groups excluding tert-OH is 1. The number of rotatable bonds is 7. The minimum Gasteiger partial charge on any atom is -0.467 e. The molecule has 1 aliphatic heterocycles. The molecular weight excluding hydrogens is 497 g/mol. The van der Waals surface area contributed by atoms with Gasteiger partial charge in [0.15, 0.2) is 11.8 Å². The maximum absolute atomic E-state index is 14.9. The van der Waals surface area contributed by atoms with Crippen molar-refractivity contribution in [3.05, 3.63) is 47.2 Å². The summed E-state index contributed by atoms with van der Waals surface area (Å²) < 4.78 is 70.0. The first-order chi connectivity index (χ1) is 16.4. The zero-order valence-electron chi connectivity index (χ0n) is 18.2. The van der Waals surface area contributed by atoms with Crippen LogP contribution in [-0.4, -0.2) is 57.0 Å². The highest BCUT2D eigenvalue weighted by Gasteiger charge is 2.68. The zero-order chi connectivity index (χ0) is 25.6. The molecule has 4 rings (SSSR count). The largest absolute Gasteiger partial charge is 0.467 e. The number of benzene rings is 1. The third-order valence-electron chi connectivity index (χ3n) is 5.90. The van der Waals surface area contributed by atoms with E-state index >= 15 is 0 Å². The second-order valence-corrected chi connectivity index (χ2v) is 9.72. The van der Waals surface area contributed by atoms with Crippen LogP contribution in [0.4, 0.5) is 27.6 Å². The molecule has 35 heavy (non-hydrogen) atoms. The summed E-state index contributed by atoms with van der Waals surface area (Å²) in [4.78, 5) is 24.5. The summed E-state index contributed by atoms with van der Waals surface area (Å²) >= 11 is 1.13. The number of carbonyl (C=O) groups is 1. The number of nitrogens with two attached hydrogens (primary N) is 1. The molecule has 0 unspecified atom stereocenters. The first kappa shape index (κ1) is 25.1. The molecule has 0 bridgehead atoms. The van der Waals surface area contributed by atoms with Crippen molar-refractivity contribution in [2.75, 3.05) is 25.2 Å². The van der Waals surface area contributed by atoms with Crippen molar-refractivity contribution in [3.63, 3.8) is 0 Å². The number of amides is 1. The van der Waals surface area contributed by atoms with Gasteiger partial charge in [-0.2, -0.15) is 13.2 Å². The maximum atomic E-state index is 14.9. The van der Waals surface area contributed by atoms with Crippen LogP contribution in [0.3, 0.4) is 0 Å². The van der Waals surface area contributed by atoms with Crippen molar-refractivity contribution in [2.24, 2.45) is 16.6 Å². The van der Waals surface area contributed by atoms with Crippen molar-refractivity contribution in [1.29, 1.82) is 0 Å². The molecule has 14 heteroatoms. The number of nitrogens with one attached hydrogen (secondary N) is 1. The van der Waals surface area contributed by atoms with E-state index in [1.807, 2.05) is 0 Å². The summed E-state index contributed by atoms with van der Waals surface area (Å²) in [6.07, 6.45) is -3.30. The number of aliphatic imine (C=N–C) groups is 1. The number of anilines is 1. The first-order valence-corrected chi connectivity index (χ1v) is 11.1. The molecule has 4 N–H and O–H groups in total. The number of fused-ring (bicyclic) bond motifs is 1. The standard InChI is InChI=1S/C21H20F5N5O3S/c1-10-16(28-6-15(29-10)34-9-21(24,25)26)17(33)30-11-2-3-13(23)12(4-11)20(7-22)14-5-19(14,8-32)35-18(27)31-20/h2-4,6,14,32H,5,7-9H2,1H3,(H2,27,31)(H,30,33)/t14-,19-,20-/m1/s1. The molecule has 1 aromatic heterocycles. The Kier molecular flexibility index (Phi) is 6.38. The summed E-state index contributed by atoms with van der Waals surface area (Å²) in [5, 5.41) is 12.3. The Morgan fingerprint density at radius 1 is 1.40 bits per heavy atom. The van der Waals surface area contributed by atoms with Crippen LogP contribution in [0.5, 0.6) is 5.88 Å². The van der Waals surface area contributed by atoms with E-state index in [1.165, 1.54) is 19.1 Å². The van der Waals surface area contributed by atoms with E-state index in [-0.39, 0.29) is 34.4 Å². The average Bonchev–Trinajstić information content (AvgIpc) is 3.53. The average molecular weight is 517 g/mol. The Morgan fingerprint density at radius 3 is 2.77 bits per heavy atom. The number of amidine groups is 1. The van der Waals surface area contributed by atoms with Gasteiger partial charge in [0.05, 0.1) is 23.2 Å². The lowest BCUT2D eigenvalue weighted by atomic mass is 9.84. The van der Waals surface area contributed by atoms with Crippen LogP contribution < -0.4 is 15.8 Å². The number of ether oxygens (including phenoxy) is 1. The Bertz CT molecular complexity index is 1200. The molecule has 0 radical (unpaired) electrons. The van der Waals surface area contributed by atoms with Gasteiger partial charge in [-0.15, -0.1) is 0 Å². The third kappa shape index (κ3) is 4.76. The monoisotopic (exact) mass is 517 g/mol. The van der Waals surface area contributed by atoms with Crippen LogP contribution in [-0.2, 0) is 5.54 Å². The van der Waals surface area contributed by atoms with Crippen molar-refractivity contribution in [2.45, 2.75) is 29.8 Å². The highest BCUT2D eigenvalue weighted by Crippen LogP contribution is 2.65. The van der Waals surface area contributed by atoms with Crippen molar-refractivity contribution in [3.8, 4) is 5.88 Å². The van der Waals surface area contributed by atoms with Crippen LogP contribution in [0, 0.1) is 18.7 Å². The fourth-order valence-corrected chi connectivity index (χ4v) is 5.47. The minimum atomic E-state index is -4.56. The summed E-state index contributed by atoms with van der Waals surface area (Å²) in [7, 11) is 0. The van der Waals surface area contributed by atoms with Gasteiger partial charge in [0.1, 0.15) is 23.7 Å². The fraction of sp³-hybridized carbons (Fsp3) is 0.429. The van der Waals surface area contributed by atoms with Gasteiger partial charge in [-0.1, -0.05) is 11.8 Å². The number of alkyl halides is 4. The number of halogens is 5. The lowest BCUT2D eigenvalue weighted by molar-refractivity contribution is -0.154. The number of aliphatic hydroxyl groups is 1. The maximum Gasteiger partial charge on any atom is 0.422 e. The van der Waals surface area contributed by atoms with E-state index in [0.29, 0.717) is 6.42 Å². The van der Waals surface area contributed by atoms with Crippen molar-refractivity contribution >= 4 is 28.5 Å². The number of aromatic nitrogens is 2. The Morgan fingerprint density at radius 2 is 2.14 bits per heavy atom. The van der Waals surface area contributed by atoms with E-state index in [2.05, 4.69) is 25.0 Å². The van der Waals surface area contributed by atoms with E-state index in [9.17, 15) is 31.9 Å². The summed E-state index contributed by atoms with van der Waals surface area (Å²) in [6.45, 7) is -1.56. The number of carbonyl (C=O) groups excluding carboxylic acids is 1. The molecule has 2 heterocycles. The molecular formula is C21H20F5N5O3S. The van der Waals surface area contributed by atoms with Gasteiger partial charge >= 0.3 is 6.18 Å². The van der Waals surface area contributed by atoms with Gasteiger partial charge < -0.3 is 20.9 Å². The predicted octanol–water partition coefficient (Wildman–Crippen LogP) is 3.09. The topological polar surface area (TPSA) is 123 Å². The Hall–Kier alpha value is -3.00. The number of aryl methyl sites for hydroxylation is 1. The van der Waals surface area contributed by atoms with Gasteiger partial charge in [-0.25, -0.2) is 23.7 Å². The second-order valence-electron chi connectivity index (χ2n) is 8.28. The molecule has 8 nitrogen and oxygen atoms in total. The molecule has 1 amide bonds. The fourth-order valence-electron chi connectivity index (χ4n) is 4.19. The van der Waals surface area contributed by atoms with Gasteiger partial charge in [0.2, 0.25) is 5.88 Å². The zero-order valence-corrected chi connectivity index (χ0v) is 19.0. The van der Waals surface area contributed by atoms with Crippen LogP contribution in [0.25, 0.3) is 0 Å². The molecule has 1 saturated carbocycles.